The summed E-state index contributed by atoms with van der Waals surface area (Å²) >= 11 is 6.72. The molecule has 0 radical (unpaired) electrons. The summed E-state index contributed by atoms with van der Waals surface area (Å²) in [5, 5.41) is 3.23. The summed E-state index contributed by atoms with van der Waals surface area (Å²) in [6.07, 6.45) is 1.97. The average molecular weight is 442 g/mol. The Bertz CT molecular complexity index is 602. The second-order valence-electron chi connectivity index (χ2n) is 5.06. The second-order valence-corrected chi connectivity index (χ2v) is 8.54. The Balaban J connectivity index is 2.12. The van der Waals surface area contributed by atoms with Gasteiger partial charge >= 0.3 is 0 Å². The maximum absolute atomic E-state index is 12.3. The highest BCUT2D eigenvalue weighted by Gasteiger charge is 2.22. The first-order chi connectivity index (χ1) is 9.91. The molecule has 0 bridgehead atoms. The number of ether oxygens (including phenoxy) is 1. The minimum atomic E-state index is -3.39. The molecule has 1 aromatic carbocycles. The molecule has 21 heavy (non-hydrogen) atoms. The molecule has 1 saturated heterocycles. The number of hydrogen-bond acceptors (Lipinski definition) is 4. The van der Waals surface area contributed by atoms with Gasteiger partial charge < -0.3 is 10.1 Å². The van der Waals surface area contributed by atoms with Gasteiger partial charge in [0.2, 0.25) is 10.0 Å². The standard InChI is InChI=1S/C13H18Br2N2O3S/c1-20-13-6-12(10(14)5-11(13)15)17-21(18,19)8-9-3-2-4-16-7-9/h5-6,9,16-17H,2-4,7-8H2,1H3. The minimum absolute atomic E-state index is 0.130. The fourth-order valence-corrected chi connectivity index (χ4v) is 5.23. The van der Waals surface area contributed by atoms with Crippen LogP contribution in [-0.4, -0.2) is 34.4 Å². The maximum Gasteiger partial charge on any atom is 0.233 e. The van der Waals surface area contributed by atoms with Gasteiger partial charge in [-0.1, -0.05) is 0 Å². The first-order valence-electron chi connectivity index (χ1n) is 6.65. The van der Waals surface area contributed by atoms with E-state index >= 15 is 0 Å². The molecule has 2 N–H and O–H groups in total. The number of sulfonamides is 1. The Kier molecular flexibility index (Phi) is 5.93. The lowest BCUT2D eigenvalue weighted by Crippen LogP contribution is -2.35. The van der Waals surface area contributed by atoms with Gasteiger partial charge in [-0.3, -0.25) is 4.72 Å². The molecular formula is C13H18Br2N2O3S. The highest BCUT2D eigenvalue weighted by Crippen LogP contribution is 2.35. The maximum atomic E-state index is 12.3. The topological polar surface area (TPSA) is 67.4 Å². The second kappa shape index (κ2) is 7.30. The van der Waals surface area contributed by atoms with Crippen LogP contribution >= 0.6 is 31.9 Å². The van der Waals surface area contributed by atoms with E-state index in [9.17, 15) is 8.42 Å². The predicted molar refractivity (Wildman–Crippen MR) is 91.4 cm³/mol. The van der Waals surface area contributed by atoms with Crippen LogP contribution in [0.4, 0.5) is 5.69 Å². The minimum Gasteiger partial charge on any atom is -0.495 e. The van der Waals surface area contributed by atoms with Crippen LogP contribution < -0.4 is 14.8 Å². The van der Waals surface area contributed by atoms with Crippen LogP contribution in [-0.2, 0) is 10.0 Å². The van der Waals surface area contributed by atoms with E-state index in [2.05, 4.69) is 41.9 Å². The monoisotopic (exact) mass is 440 g/mol. The quantitative estimate of drug-likeness (QED) is 0.736. The van der Waals surface area contributed by atoms with Crippen LogP contribution in [0.25, 0.3) is 0 Å². The van der Waals surface area contributed by atoms with Crippen molar-refractivity contribution in [2.45, 2.75) is 12.8 Å². The van der Waals surface area contributed by atoms with Gasteiger partial charge in [-0.15, -0.1) is 0 Å². The van der Waals surface area contributed by atoms with E-state index in [1.54, 1.807) is 19.2 Å². The van der Waals surface area contributed by atoms with Gasteiger partial charge in [-0.05, 0) is 69.8 Å². The van der Waals surface area contributed by atoms with Crippen LogP contribution in [0.1, 0.15) is 12.8 Å². The number of methoxy groups -OCH3 is 1. The third-order valence-electron chi connectivity index (χ3n) is 3.36. The molecule has 1 unspecified atom stereocenters. The molecule has 1 aromatic rings. The highest BCUT2D eigenvalue weighted by atomic mass is 79.9. The average Bonchev–Trinajstić information content (AvgIpc) is 2.42. The van der Waals surface area contributed by atoms with Crippen molar-refractivity contribution < 1.29 is 13.2 Å². The van der Waals surface area contributed by atoms with Crippen molar-refractivity contribution in [2.24, 2.45) is 5.92 Å². The van der Waals surface area contributed by atoms with E-state index in [0.717, 1.165) is 30.4 Å². The van der Waals surface area contributed by atoms with Crippen molar-refractivity contribution in [3.63, 3.8) is 0 Å². The number of piperidine rings is 1. The zero-order chi connectivity index (χ0) is 15.5. The molecule has 1 aliphatic rings. The third kappa shape index (κ3) is 4.84. The SMILES string of the molecule is COc1cc(NS(=O)(=O)CC2CCCNC2)c(Br)cc1Br. The molecule has 0 spiro atoms. The normalized spacial score (nSPS) is 19.3. The molecule has 8 heteroatoms. The van der Waals surface area contributed by atoms with Crippen LogP contribution in [0.5, 0.6) is 5.75 Å². The molecule has 5 nitrogen and oxygen atoms in total. The van der Waals surface area contributed by atoms with Gasteiger partial charge in [0, 0.05) is 10.5 Å². The lowest BCUT2D eigenvalue weighted by Gasteiger charge is -2.23. The molecule has 0 aliphatic carbocycles. The highest BCUT2D eigenvalue weighted by molar-refractivity contribution is 9.11. The van der Waals surface area contributed by atoms with Gasteiger partial charge in [0.1, 0.15) is 5.75 Å². The molecule has 0 aromatic heterocycles. The van der Waals surface area contributed by atoms with E-state index in [0.29, 0.717) is 15.9 Å². The van der Waals surface area contributed by atoms with Crippen molar-refractivity contribution in [1.29, 1.82) is 0 Å². The predicted octanol–water partition coefficient (Wildman–Crippen LogP) is 2.96. The fraction of sp³-hybridized carbons (Fsp3) is 0.538. The summed E-state index contributed by atoms with van der Waals surface area (Å²) in [5.74, 6) is 0.868. The number of nitrogens with one attached hydrogen (secondary N) is 2. The number of hydrogen-bond donors (Lipinski definition) is 2. The molecule has 2 rings (SSSR count). The Hall–Kier alpha value is -0.310. The molecule has 118 valence electrons. The summed E-state index contributed by atoms with van der Waals surface area (Å²) in [6.45, 7) is 1.73. The summed E-state index contributed by atoms with van der Waals surface area (Å²) in [7, 11) is -1.84. The number of anilines is 1. The summed E-state index contributed by atoms with van der Waals surface area (Å²) in [6, 6.07) is 3.42. The van der Waals surface area contributed by atoms with E-state index in [-0.39, 0.29) is 11.7 Å². The Morgan fingerprint density at radius 3 is 2.76 bits per heavy atom. The molecule has 1 atom stereocenters. The lowest BCUT2D eigenvalue weighted by atomic mass is 10.0. The van der Waals surface area contributed by atoms with Crippen LogP contribution in [0.2, 0.25) is 0 Å². The third-order valence-corrected chi connectivity index (χ3v) is 6.08. The van der Waals surface area contributed by atoms with Crippen LogP contribution in [0, 0.1) is 5.92 Å². The van der Waals surface area contributed by atoms with Crippen molar-refractivity contribution in [2.75, 3.05) is 30.7 Å². The van der Waals surface area contributed by atoms with E-state index in [1.807, 2.05) is 0 Å². The number of rotatable bonds is 5. The summed E-state index contributed by atoms with van der Waals surface area (Å²) < 4.78 is 33.8. The van der Waals surface area contributed by atoms with Crippen molar-refractivity contribution in [1.82, 2.24) is 5.32 Å². The van der Waals surface area contributed by atoms with E-state index in [1.165, 1.54) is 0 Å². The molecule has 1 heterocycles. The van der Waals surface area contributed by atoms with Crippen molar-refractivity contribution >= 4 is 47.6 Å². The van der Waals surface area contributed by atoms with E-state index in [4.69, 9.17) is 4.74 Å². The van der Waals surface area contributed by atoms with Gasteiger partial charge in [0.15, 0.2) is 0 Å². The van der Waals surface area contributed by atoms with Crippen LogP contribution in [0.15, 0.2) is 21.1 Å². The Labute approximate surface area is 142 Å². The van der Waals surface area contributed by atoms with E-state index < -0.39 is 10.0 Å². The number of benzene rings is 1. The van der Waals surface area contributed by atoms with Gasteiger partial charge in [-0.25, -0.2) is 8.42 Å². The molecule has 0 amide bonds. The molecule has 1 aliphatic heterocycles. The molecule has 0 saturated carbocycles. The Morgan fingerprint density at radius 2 is 2.14 bits per heavy atom. The van der Waals surface area contributed by atoms with Crippen molar-refractivity contribution in [3.8, 4) is 5.75 Å². The van der Waals surface area contributed by atoms with Gasteiger partial charge in [0.05, 0.1) is 23.0 Å². The summed E-state index contributed by atoms with van der Waals surface area (Å²) in [4.78, 5) is 0. The van der Waals surface area contributed by atoms with Gasteiger partial charge in [-0.2, -0.15) is 0 Å². The van der Waals surface area contributed by atoms with Gasteiger partial charge in [0.25, 0.3) is 0 Å². The molecule has 1 fully saturated rings. The first kappa shape index (κ1) is 17.1. The van der Waals surface area contributed by atoms with Crippen molar-refractivity contribution in [3.05, 3.63) is 21.1 Å². The first-order valence-corrected chi connectivity index (χ1v) is 9.89. The smallest absolute Gasteiger partial charge is 0.233 e. The number of halogens is 2. The zero-order valence-electron chi connectivity index (χ0n) is 11.7. The van der Waals surface area contributed by atoms with Crippen LogP contribution in [0.3, 0.4) is 0 Å². The largest absolute Gasteiger partial charge is 0.495 e. The lowest BCUT2D eigenvalue weighted by molar-refractivity contribution is 0.404. The fourth-order valence-electron chi connectivity index (χ4n) is 2.35. The zero-order valence-corrected chi connectivity index (χ0v) is 15.6. The summed E-state index contributed by atoms with van der Waals surface area (Å²) in [5.41, 5.74) is 0.485. The molecular weight excluding hydrogens is 424 g/mol. The Morgan fingerprint density at radius 1 is 1.38 bits per heavy atom.